The first-order chi connectivity index (χ1) is 13.1. The highest BCUT2D eigenvalue weighted by molar-refractivity contribution is 7.17. The Hall–Kier alpha value is -2.32. The summed E-state index contributed by atoms with van der Waals surface area (Å²) in [6.45, 7) is 4.24. The minimum absolute atomic E-state index is 0.0824. The SMILES string of the molecule is COc1ccc([C@H](c2sc3ncnn3c2O)N2CCC[C@@H](C)C2)cc1OC. The molecule has 2 aromatic heterocycles. The number of likely N-dealkylation sites (tertiary alicyclic amines) is 1. The van der Waals surface area contributed by atoms with E-state index in [4.69, 9.17) is 9.47 Å². The van der Waals surface area contributed by atoms with Crippen molar-refractivity contribution >= 4 is 16.3 Å². The number of thiazole rings is 1. The molecule has 3 heterocycles. The van der Waals surface area contributed by atoms with Crippen LogP contribution in [0.25, 0.3) is 4.96 Å². The Labute approximate surface area is 162 Å². The minimum Gasteiger partial charge on any atom is -0.493 e. The monoisotopic (exact) mass is 388 g/mol. The maximum absolute atomic E-state index is 10.8. The van der Waals surface area contributed by atoms with Crippen molar-refractivity contribution in [1.29, 1.82) is 0 Å². The Kier molecular flexibility index (Phi) is 4.92. The fourth-order valence-corrected chi connectivity index (χ4v) is 4.97. The zero-order valence-electron chi connectivity index (χ0n) is 15.8. The van der Waals surface area contributed by atoms with Crippen LogP contribution in [-0.2, 0) is 0 Å². The van der Waals surface area contributed by atoms with Gasteiger partial charge < -0.3 is 14.6 Å². The van der Waals surface area contributed by atoms with E-state index < -0.39 is 0 Å². The van der Waals surface area contributed by atoms with Crippen molar-refractivity contribution in [3.8, 4) is 17.4 Å². The lowest BCUT2D eigenvalue weighted by Crippen LogP contribution is -2.37. The third-order valence-corrected chi connectivity index (χ3v) is 6.25. The molecule has 144 valence electrons. The molecule has 0 saturated carbocycles. The molecule has 0 bridgehead atoms. The van der Waals surface area contributed by atoms with Crippen LogP contribution in [0.1, 0.15) is 36.2 Å². The molecule has 1 N–H and O–H groups in total. The summed E-state index contributed by atoms with van der Waals surface area (Å²) in [6, 6.07) is 5.88. The summed E-state index contributed by atoms with van der Waals surface area (Å²) in [5.74, 6) is 2.15. The van der Waals surface area contributed by atoms with Crippen molar-refractivity contribution in [3.63, 3.8) is 0 Å². The topological polar surface area (TPSA) is 72.1 Å². The van der Waals surface area contributed by atoms with Gasteiger partial charge in [-0.15, -0.1) is 0 Å². The highest BCUT2D eigenvalue weighted by Crippen LogP contribution is 2.43. The first kappa shape index (κ1) is 18.1. The van der Waals surface area contributed by atoms with Gasteiger partial charge in [0.25, 0.3) is 0 Å². The van der Waals surface area contributed by atoms with Crippen LogP contribution in [-0.4, -0.2) is 51.9 Å². The lowest BCUT2D eigenvalue weighted by molar-refractivity contribution is 0.149. The molecule has 0 aliphatic carbocycles. The number of fused-ring (bicyclic) bond motifs is 1. The Morgan fingerprint density at radius 3 is 2.78 bits per heavy atom. The molecule has 2 atom stereocenters. The number of rotatable bonds is 5. The zero-order chi connectivity index (χ0) is 19.0. The second-order valence-corrected chi connectivity index (χ2v) is 8.01. The van der Waals surface area contributed by atoms with E-state index in [0.29, 0.717) is 22.4 Å². The number of aromatic nitrogens is 3. The normalized spacial score (nSPS) is 19.3. The maximum atomic E-state index is 10.8. The van der Waals surface area contributed by atoms with E-state index in [1.807, 2.05) is 18.2 Å². The Bertz CT molecular complexity index is 938. The van der Waals surface area contributed by atoms with Crippen LogP contribution in [0.4, 0.5) is 0 Å². The Balaban J connectivity index is 1.83. The van der Waals surface area contributed by atoms with Crippen molar-refractivity contribution < 1.29 is 14.6 Å². The standard InChI is InChI=1S/C19H24N4O3S/c1-12-5-4-8-22(10-12)16(13-6-7-14(25-2)15(9-13)26-3)17-18(24)23-19(27-17)20-11-21-23/h6-7,9,11-12,16,24H,4-5,8,10H2,1-3H3/t12-,16-/m1/s1. The van der Waals surface area contributed by atoms with Crippen molar-refractivity contribution in [2.75, 3.05) is 27.3 Å². The third kappa shape index (κ3) is 3.23. The van der Waals surface area contributed by atoms with E-state index in [1.54, 1.807) is 14.2 Å². The number of methoxy groups -OCH3 is 2. The number of benzene rings is 1. The molecule has 0 unspecified atom stereocenters. The summed E-state index contributed by atoms with van der Waals surface area (Å²) >= 11 is 1.48. The molecule has 27 heavy (non-hydrogen) atoms. The minimum atomic E-state index is -0.0824. The van der Waals surface area contributed by atoms with Gasteiger partial charge in [-0.2, -0.15) is 9.61 Å². The average molecular weight is 388 g/mol. The molecule has 1 aromatic carbocycles. The van der Waals surface area contributed by atoms with Gasteiger partial charge in [0.05, 0.1) is 25.1 Å². The predicted molar refractivity (Wildman–Crippen MR) is 104 cm³/mol. The maximum Gasteiger partial charge on any atom is 0.230 e. The van der Waals surface area contributed by atoms with Gasteiger partial charge >= 0.3 is 0 Å². The van der Waals surface area contributed by atoms with Gasteiger partial charge in [-0.3, -0.25) is 4.90 Å². The van der Waals surface area contributed by atoms with Crippen LogP contribution in [0.2, 0.25) is 0 Å². The summed E-state index contributed by atoms with van der Waals surface area (Å²) in [6.07, 6.45) is 3.84. The first-order valence-electron chi connectivity index (χ1n) is 9.09. The molecule has 1 aliphatic heterocycles. The van der Waals surface area contributed by atoms with Gasteiger partial charge in [-0.05, 0) is 43.0 Å². The molecule has 1 fully saturated rings. The van der Waals surface area contributed by atoms with E-state index in [1.165, 1.54) is 28.6 Å². The molecule has 1 saturated heterocycles. The molecular weight excluding hydrogens is 364 g/mol. The number of hydrogen-bond donors (Lipinski definition) is 1. The van der Waals surface area contributed by atoms with Gasteiger partial charge in [0.2, 0.25) is 10.8 Å². The summed E-state index contributed by atoms with van der Waals surface area (Å²) in [5, 5.41) is 15.0. The molecule has 8 heteroatoms. The van der Waals surface area contributed by atoms with Gasteiger partial charge in [-0.1, -0.05) is 24.3 Å². The smallest absolute Gasteiger partial charge is 0.230 e. The summed E-state index contributed by atoms with van der Waals surface area (Å²) in [7, 11) is 3.27. The Morgan fingerprint density at radius 1 is 1.26 bits per heavy atom. The second kappa shape index (κ2) is 7.36. The van der Waals surface area contributed by atoms with Gasteiger partial charge in [-0.25, -0.2) is 4.98 Å². The van der Waals surface area contributed by atoms with Crippen LogP contribution in [0.5, 0.6) is 17.4 Å². The van der Waals surface area contributed by atoms with Crippen molar-refractivity contribution in [1.82, 2.24) is 19.5 Å². The largest absolute Gasteiger partial charge is 0.493 e. The van der Waals surface area contributed by atoms with Gasteiger partial charge in [0, 0.05) is 6.54 Å². The van der Waals surface area contributed by atoms with Crippen LogP contribution in [0.15, 0.2) is 24.5 Å². The Morgan fingerprint density at radius 2 is 2.07 bits per heavy atom. The van der Waals surface area contributed by atoms with Gasteiger partial charge in [0.1, 0.15) is 6.33 Å². The van der Waals surface area contributed by atoms with Crippen molar-refractivity contribution in [2.24, 2.45) is 5.92 Å². The summed E-state index contributed by atoms with van der Waals surface area (Å²) < 4.78 is 12.4. The molecule has 7 nitrogen and oxygen atoms in total. The van der Waals surface area contributed by atoms with Crippen LogP contribution in [0, 0.1) is 5.92 Å². The molecule has 3 aromatic rings. The van der Waals surface area contributed by atoms with Crippen LogP contribution >= 0.6 is 11.3 Å². The number of ether oxygens (including phenoxy) is 2. The highest BCUT2D eigenvalue weighted by Gasteiger charge is 2.32. The van der Waals surface area contributed by atoms with Crippen molar-refractivity contribution in [2.45, 2.75) is 25.8 Å². The molecule has 1 aliphatic rings. The molecular formula is C19H24N4O3S. The summed E-state index contributed by atoms with van der Waals surface area (Å²) in [4.78, 5) is 8.22. The predicted octanol–water partition coefficient (Wildman–Crippen LogP) is 3.33. The van der Waals surface area contributed by atoms with E-state index in [-0.39, 0.29) is 11.9 Å². The second-order valence-electron chi connectivity index (χ2n) is 7.00. The average Bonchev–Trinajstić information content (AvgIpc) is 3.25. The van der Waals surface area contributed by atoms with E-state index >= 15 is 0 Å². The van der Waals surface area contributed by atoms with E-state index in [2.05, 4.69) is 21.9 Å². The third-order valence-electron chi connectivity index (χ3n) is 5.16. The van der Waals surface area contributed by atoms with Crippen molar-refractivity contribution in [3.05, 3.63) is 35.0 Å². The number of aromatic hydroxyl groups is 1. The van der Waals surface area contributed by atoms with Crippen LogP contribution < -0.4 is 9.47 Å². The lowest BCUT2D eigenvalue weighted by Gasteiger charge is -2.37. The number of nitrogens with zero attached hydrogens (tertiary/aromatic N) is 4. The zero-order valence-corrected chi connectivity index (χ0v) is 16.6. The van der Waals surface area contributed by atoms with Gasteiger partial charge in [0.15, 0.2) is 11.5 Å². The van der Waals surface area contributed by atoms with E-state index in [9.17, 15) is 5.11 Å². The molecule has 0 amide bonds. The fraction of sp³-hybridized carbons (Fsp3) is 0.474. The first-order valence-corrected chi connectivity index (χ1v) is 9.91. The number of piperidine rings is 1. The summed E-state index contributed by atoms with van der Waals surface area (Å²) in [5.41, 5.74) is 1.06. The van der Waals surface area contributed by atoms with Crippen LogP contribution in [0.3, 0.4) is 0 Å². The molecule has 0 spiro atoms. The highest BCUT2D eigenvalue weighted by atomic mass is 32.1. The molecule has 0 radical (unpaired) electrons. The number of hydrogen-bond acceptors (Lipinski definition) is 7. The molecule has 4 rings (SSSR count). The fourth-order valence-electron chi connectivity index (χ4n) is 3.88. The lowest BCUT2D eigenvalue weighted by atomic mass is 9.95. The quantitative estimate of drug-likeness (QED) is 0.723. The van der Waals surface area contributed by atoms with E-state index in [0.717, 1.165) is 30.0 Å².